The highest BCUT2D eigenvalue weighted by atomic mass is 16.4. The van der Waals surface area contributed by atoms with Gasteiger partial charge in [-0.25, -0.2) is 0 Å². The minimum absolute atomic E-state index is 0.154. The van der Waals surface area contributed by atoms with Crippen molar-refractivity contribution in [3.63, 3.8) is 0 Å². The molecule has 1 amide bonds. The molecule has 3 aromatic carbocycles. The van der Waals surface area contributed by atoms with E-state index in [-0.39, 0.29) is 12.3 Å². The Morgan fingerprint density at radius 3 is 2.24 bits per heavy atom. The zero-order valence-electron chi connectivity index (χ0n) is 16.0. The van der Waals surface area contributed by atoms with Crippen LogP contribution in [0, 0.1) is 0 Å². The average Bonchev–Trinajstić information content (AvgIpc) is 2.75. The number of hydrogen-bond acceptors (Lipinski definition) is 3. The lowest BCUT2D eigenvalue weighted by Gasteiger charge is -2.09. The second-order valence-corrected chi connectivity index (χ2v) is 6.92. The SMILES string of the molecule is NC(Cc1ccc(C(=O)NCCc2cccc(-c3ccccc3)c2)cc1)C(=O)O. The maximum Gasteiger partial charge on any atom is 0.320 e. The summed E-state index contributed by atoms with van der Waals surface area (Å²) in [6.45, 7) is 0.530. The van der Waals surface area contributed by atoms with Crippen molar-refractivity contribution in [1.82, 2.24) is 5.32 Å². The normalized spacial score (nSPS) is 11.6. The minimum atomic E-state index is -1.04. The van der Waals surface area contributed by atoms with Crippen LogP contribution in [-0.2, 0) is 17.6 Å². The van der Waals surface area contributed by atoms with E-state index in [1.54, 1.807) is 24.3 Å². The van der Waals surface area contributed by atoms with Crippen LogP contribution in [0.15, 0.2) is 78.9 Å². The van der Waals surface area contributed by atoms with Crippen molar-refractivity contribution in [3.05, 3.63) is 95.6 Å². The number of rotatable bonds is 8. The molecule has 0 bridgehead atoms. The summed E-state index contributed by atoms with van der Waals surface area (Å²) in [6.07, 6.45) is 0.965. The molecule has 0 heterocycles. The van der Waals surface area contributed by atoms with Crippen LogP contribution < -0.4 is 11.1 Å². The molecule has 0 aromatic heterocycles. The van der Waals surface area contributed by atoms with Gasteiger partial charge in [-0.1, -0.05) is 66.7 Å². The fourth-order valence-electron chi connectivity index (χ4n) is 3.09. The van der Waals surface area contributed by atoms with E-state index < -0.39 is 12.0 Å². The molecule has 0 aliphatic carbocycles. The lowest BCUT2D eigenvalue weighted by atomic mass is 10.0. The lowest BCUT2D eigenvalue weighted by Crippen LogP contribution is -2.32. The van der Waals surface area contributed by atoms with E-state index in [0.29, 0.717) is 12.1 Å². The standard InChI is InChI=1S/C24H24N2O3/c25-22(24(28)29)16-18-9-11-20(12-10-18)23(27)26-14-13-17-5-4-8-21(15-17)19-6-2-1-3-7-19/h1-12,15,22H,13-14,16,25H2,(H,26,27)(H,28,29). The zero-order valence-corrected chi connectivity index (χ0v) is 16.0. The molecule has 5 nitrogen and oxygen atoms in total. The third kappa shape index (κ3) is 5.77. The van der Waals surface area contributed by atoms with Crippen LogP contribution in [0.2, 0.25) is 0 Å². The van der Waals surface area contributed by atoms with Gasteiger partial charge in [-0.05, 0) is 47.2 Å². The van der Waals surface area contributed by atoms with Gasteiger partial charge in [0.25, 0.3) is 5.91 Å². The first-order valence-corrected chi connectivity index (χ1v) is 9.53. The van der Waals surface area contributed by atoms with Crippen molar-refractivity contribution in [2.75, 3.05) is 6.54 Å². The molecule has 29 heavy (non-hydrogen) atoms. The maximum absolute atomic E-state index is 12.3. The quantitative estimate of drug-likeness (QED) is 0.552. The Kier molecular flexibility index (Phi) is 6.76. The molecule has 3 rings (SSSR count). The van der Waals surface area contributed by atoms with Crippen molar-refractivity contribution in [2.24, 2.45) is 5.73 Å². The summed E-state index contributed by atoms with van der Waals surface area (Å²) in [4.78, 5) is 23.2. The van der Waals surface area contributed by atoms with E-state index in [2.05, 4.69) is 35.6 Å². The molecule has 1 unspecified atom stereocenters. The molecule has 4 N–H and O–H groups in total. The van der Waals surface area contributed by atoms with Crippen LogP contribution in [-0.4, -0.2) is 29.6 Å². The largest absolute Gasteiger partial charge is 0.480 e. The van der Waals surface area contributed by atoms with Gasteiger partial charge >= 0.3 is 5.97 Å². The van der Waals surface area contributed by atoms with E-state index in [4.69, 9.17) is 10.8 Å². The number of nitrogens with one attached hydrogen (secondary N) is 1. The number of hydrogen-bond donors (Lipinski definition) is 3. The van der Waals surface area contributed by atoms with Crippen LogP contribution >= 0.6 is 0 Å². The van der Waals surface area contributed by atoms with Crippen LogP contribution in [0.5, 0.6) is 0 Å². The predicted octanol–water partition coefficient (Wildman–Crippen LogP) is 3.28. The summed E-state index contributed by atoms with van der Waals surface area (Å²) in [7, 11) is 0. The number of carboxylic acid groups (broad SMARTS) is 1. The number of aliphatic carboxylic acids is 1. The number of carboxylic acids is 1. The molecule has 0 saturated carbocycles. The molecule has 148 valence electrons. The second-order valence-electron chi connectivity index (χ2n) is 6.92. The van der Waals surface area contributed by atoms with Crippen LogP contribution in [0.4, 0.5) is 0 Å². The van der Waals surface area contributed by atoms with E-state index >= 15 is 0 Å². The molecule has 0 spiro atoms. The number of amides is 1. The molecule has 0 saturated heterocycles. The van der Waals surface area contributed by atoms with E-state index in [1.165, 1.54) is 5.56 Å². The summed E-state index contributed by atoms with van der Waals surface area (Å²) in [5.41, 5.74) is 10.3. The molecular formula is C24H24N2O3. The van der Waals surface area contributed by atoms with E-state index in [9.17, 15) is 9.59 Å². The van der Waals surface area contributed by atoms with E-state index in [0.717, 1.165) is 23.1 Å². The first-order chi connectivity index (χ1) is 14.0. The topological polar surface area (TPSA) is 92.4 Å². The van der Waals surface area contributed by atoms with Gasteiger partial charge in [0, 0.05) is 12.1 Å². The van der Waals surface area contributed by atoms with Crippen molar-refractivity contribution in [1.29, 1.82) is 0 Å². The molecule has 0 fully saturated rings. The van der Waals surface area contributed by atoms with Gasteiger partial charge in [-0.2, -0.15) is 0 Å². The van der Waals surface area contributed by atoms with Gasteiger partial charge < -0.3 is 16.2 Å². The fourth-order valence-corrected chi connectivity index (χ4v) is 3.09. The Morgan fingerprint density at radius 2 is 1.55 bits per heavy atom. The third-order valence-electron chi connectivity index (χ3n) is 4.72. The van der Waals surface area contributed by atoms with Gasteiger partial charge in [-0.3, -0.25) is 9.59 Å². The minimum Gasteiger partial charge on any atom is -0.480 e. The number of carbonyl (C=O) groups is 2. The third-order valence-corrected chi connectivity index (χ3v) is 4.72. The smallest absolute Gasteiger partial charge is 0.320 e. The van der Waals surface area contributed by atoms with Crippen LogP contribution in [0.1, 0.15) is 21.5 Å². The monoisotopic (exact) mass is 388 g/mol. The molecular weight excluding hydrogens is 364 g/mol. The van der Waals surface area contributed by atoms with Gasteiger partial charge in [0.15, 0.2) is 0 Å². The lowest BCUT2D eigenvalue weighted by molar-refractivity contribution is -0.138. The number of nitrogens with two attached hydrogens (primary N) is 1. The van der Waals surface area contributed by atoms with Crippen LogP contribution in [0.25, 0.3) is 11.1 Å². The first kappa shape index (κ1) is 20.3. The average molecular weight is 388 g/mol. The summed E-state index contributed by atoms with van der Waals surface area (Å²) < 4.78 is 0. The summed E-state index contributed by atoms with van der Waals surface area (Å²) in [5.74, 6) is -1.19. The Bertz CT molecular complexity index is 969. The Balaban J connectivity index is 1.53. The van der Waals surface area contributed by atoms with Crippen molar-refractivity contribution < 1.29 is 14.7 Å². The zero-order chi connectivity index (χ0) is 20.6. The number of benzene rings is 3. The highest BCUT2D eigenvalue weighted by Gasteiger charge is 2.12. The van der Waals surface area contributed by atoms with Gasteiger partial charge in [0.1, 0.15) is 6.04 Å². The highest BCUT2D eigenvalue weighted by Crippen LogP contribution is 2.20. The van der Waals surface area contributed by atoms with Crippen LogP contribution in [0.3, 0.4) is 0 Å². The van der Waals surface area contributed by atoms with Crippen molar-refractivity contribution in [3.8, 4) is 11.1 Å². The summed E-state index contributed by atoms with van der Waals surface area (Å²) >= 11 is 0. The summed E-state index contributed by atoms with van der Waals surface area (Å²) in [5, 5.41) is 11.8. The molecule has 3 aromatic rings. The summed E-state index contributed by atoms with van der Waals surface area (Å²) in [6, 6.07) is 24.4. The maximum atomic E-state index is 12.3. The molecule has 5 heteroatoms. The molecule has 0 aliphatic heterocycles. The molecule has 0 radical (unpaired) electrons. The van der Waals surface area contributed by atoms with Crippen molar-refractivity contribution >= 4 is 11.9 Å². The Morgan fingerprint density at radius 1 is 0.862 bits per heavy atom. The first-order valence-electron chi connectivity index (χ1n) is 9.53. The van der Waals surface area contributed by atoms with Crippen molar-refractivity contribution in [2.45, 2.75) is 18.9 Å². The Labute approximate surface area is 170 Å². The predicted molar refractivity (Wildman–Crippen MR) is 114 cm³/mol. The van der Waals surface area contributed by atoms with Gasteiger partial charge in [-0.15, -0.1) is 0 Å². The second kappa shape index (κ2) is 9.66. The fraction of sp³-hybridized carbons (Fsp3) is 0.167. The molecule has 0 aliphatic rings. The number of carbonyl (C=O) groups excluding carboxylic acids is 1. The highest BCUT2D eigenvalue weighted by molar-refractivity contribution is 5.94. The van der Waals surface area contributed by atoms with Gasteiger partial charge in [0.05, 0.1) is 0 Å². The molecule has 1 atom stereocenters. The van der Waals surface area contributed by atoms with E-state index in [1.807, 2.05) is 24.3 Å². The van der Waals surface area contributed by atoms with Gasteiger partial charge in [0.2, 0.25) is 0 Å². The Hall–Kier alpha value is -3.44.